The van der Waals surface area contributed by atoms with E-state index in [0.717, 1.165) is 37.7 Å². The van der Waals surface area contributed by atoms with E-state index in [1.165, 1.54) is 12.1 Å². The van der Waals surface area contributed by atoms with Gasteiger partial charge in [-0.3, -0.25) is 9.59 Å². The summed E-state index contributed by atoms with van der Waals surface area (Å²) in [7, 11) is 1.62. The second kappa shape index (κ2) is 11.6. The van der Waals surface area contributed by atoms with Gasteiger partial charge in [0.15, 0.2) is 0 Å². The maximum absolute atomic E-state index is 14.3. The first-order valence-electron chi connectivity index (χ1n) is 13.7. The minimum atomic E-state index is -0.761. The third-order valence-electron chi connectivity index (χ3n) is 8.32. The summed E-state index contributed by atoms with van der Waals surface area (Å²) in [6, 6.07) is 13.7. The Balaban J connectivity index is 1.56. The summed E-state index contributed by atoms with van der Waals surface area (Å²) in [5.74, 6) is -0.874. The minimum absolute atomic E-state index is 0.0628. The highest BCUT2D eigenvalue weighted by atomic mass is 19.1. The average molecular weight is 522 g/mol. The monoisotopic (exact) mass is 521 g/mol. The molecule has 2 aliphatic carbocycles. The Bertz CT molecular complexity index is 1260. The summed E-state index contributed by atoms with van der Waals surface area (Å²) >= 11 is 0. The molecular weight excluding hydrogens is 485 g/mol. The van der Waals surface area contributed by atoms with Gasteiger partial charge in [0.2, 0.25) is 5.91 Å². The molecule has 2 N–H and O–H groups in total. The number of ether oxygens (including phenoxy) is 1. The maximum Gasteiger partial charge on any atom is 0.306 e. The van der Waals surface area contributed by atoms with E-state index >= 15 is 0 Å². The SMILES string of the molecule is CO[C@H](c1ccccc1)c1nc2cc(F)ccc2n1C(C(=O)NC1CCC(C(=O)O)CC1)C1CCCCC1. The molecule has 202 valence electrons. The van der Waals surface area contributed by atoms with E-state index in [9.17, 15) is 19.1 Å². The standard InChI is InChI=1S/C30H36FN3O4/c1-38-27(20-10-6-3-7-11-20)28-33-24-18-22(31)14-17-25(24)34(28)26(19-8-4-2-5-9-19)29(35)32-23-15-12-21(13-16-23)30(36)37/h3,6-7,10-11,14,17-19,21,23,26-27H,2,4-5,8-9,12-13,15-16H2,1H3,(H,32,35)(H,36,37)/t21?,23?,26?,27-/m1/s1. The van der Waals surface area contributed by atoms with Crippen LogP contribution in [0.2, 0.25) is 0 Å². The molecule has 2 saturated carbocycles. The fraction of sp³-hybridized carbons (Fsp3) is 0.500. The number of aromatic nitrogens is 2. The zero-order valence-electron chi connectivity index (χ0n) is 21.8. The number of carbonyl (C=O) groups is 2. The van der Waals surface area contributed by atoms with Gasteiger partial charge in [-0.1, -0.05) is 49.6 Å². The van der Waals surface area contributed by atoms with Crippen molar-refractivity contribution in [1.82, 2.24) is 14.9 Å². The zero-order chi connectivity index (χ0) is 26.6. The lowest BCUT2D eigenvalue weighted by Crippen LogP contribution is -2.45. The Morgan fingerprint density at radius 1 is 1.03 bits per heavy atom. The Hall–Kier alpha value is -3.26. The van der Waals surface area contributed by atoms with Crippen molar-refractivity contribution in [2.24, 2.45) is 11.8 Å². The van der Waals surface area contributed by atoms with Gasteiger partial charge in [0.1, 0.15) is 23.8 Å². The molecule has 3 aromatic rings. The van der Waals surface area contributed by atoms with Crippen LogP contribution >= 0.6 is 0 Å². The highest BCUT2D eigenvalue weighted by Gasteiger charge is 2.37. The number of hydrogen-bond acceptors (Lipinski definition) is 4. The summed E-state index contributed by atoms with van der Waals surface area (Å²) in [6.45, 7) is 0. The van der Waals surface area contributed by atoms with Gasteiger partial charge in [-0.2, -0.15) is 0 Å². The summed E-state index contributed by atoms with van der Waals surface area (Å²) in [6.07, 6.45) is 7.00. The molecule has 2 aromatic carbocycles. The number of carboxylic acid groups (broad SMARTS) is 1. The molecule has 0 spiro atoms. The molecule has 0 saturated heterocycles. The van der Waals surface area contributed by atoms with Crippen LogP contribution in [0.15, 0.2) is 48.5 Å². The van der Waals surface area contributed by atoms with Crippen LogP contribution < -0.4 is 5.32 Å². The summed E-state index contributed by atoms with van der Waals surface area (Å²) in [5, 5.41) is 12.6. The van der Waals surface area contributed by atoms with Crippen LogP contribution in [0, 0.1) is 17.7 Å². The second-order valence-electron chi connectivity index (χ2n) is 10.7. The van der Waals surface area contributed by atoms with Gasteiger partial charge in [-0.25, -0.2) is 9.37 Å². The third-order valence-corrected chi connectivity index (χ3v) is 8.32. The van der Waals surface area contributed by atoms with Crippen molar-refractivity contribution >= 4 is 22.9 Å². The van der Waals surface area contributed by atoms with Gasteiger partial charge in [0.05, 0.1) is 17.0 Å². The number of carboxylic acids is 1. The molecule has 1 aromatic heterocycles. The van der Waals surface area contributed by atoms with E-state index in [-0.39, 0.29) is 29.6 Å². The number of fused-ring (bicyclic) bond motifs is 1. The van der Waals surface area contributed by atoms with E-state index in [4.69, 9.17) is 9.72 Å². The Labute approximate surface area is 222 Å². The van der Waals surface area contributed by atoms with Crippen LogP contribution in [-0.4, -0.2) is 39.7 Å². The molecule has 8 heteroatoms. The van der Waals surface area contributed by atoms with Gasteiger partial charge >= 0.3 is 5.97 Å². The van der Waals surface area contributed by atoms with E-state index in [1.54, 1.807) is 13.2 Å². The fourth-order valence-corrected chi connectivity index (χ4v) is 6.35. The first-order valence-corrected chi connectivity index (χ1v) is 13.7. The van der Waals surface area contributed by atoms with Gasteiger partial charge in [0, 0.05) is 19.2 Å². The summed E-state index contributed by atoms with van der Waals surface area (Å²) < 4.78 is 22.2. The molecule has 0 radical (unpaired) electrons. The van der Waals surface area contributed by atoms with Gasteiger partial charge in [-0.05, 0) is 62.1 Å². The van der Waals surface area contributed by atoms with Crippen molar-refractivity contribution in [3.63, 3.8) is 0 Å². The smallest absolute Gasteiger partial charge is 0.306 e. The largest absolute Gasteiger partial charge is 0.481 e. The molecule has 5 rings (SSSR count). The van der Waals surface area contributed by atoms with Gasteiger partial charge in [0.25, 0.3) is 0 Å². The number of benzene rings is 2. The lowest BCUT2D eigenvalue weighted by Gasteiger charge is -2.35. The third kappa shape index (κ3) is 5.46. The lowest BCUT2D eigenvalue weighted by molar-refractivity contribution is -0.142. The zero-order valence-corrected chi connectivity index (χ0v) is 21.8. The number of amides is 1. The number of nitrogens with zero attached hydrogens (tertiary/aromatic N) is 2. The minimum Gasteiger partial charge on any atom is -0.481 e. The molecule has 0 bridgehead atoms. The molecular formula is C30H36FN3O4. The Kier molecular flexibility index (Phi) is 8.07. The highest BCUT2D eigenvalue weighted by molar-refractivity contribution is 5.85. The highest BCUT2D eigenvalue weighted by Crippen LogP contribution is 2.39. The lowest BCUT2D eigenvalue weighted by atomic mass is 9.82. The van der Waals surface area contributed by atoms with Crippen molar-refractivity contribution in [2.75, 3.05) is 7.11 Å². The van der Waals surface area contributed by atoms with Crippen LogP contribution in [0.25, 0.3) is 11.0 Å². The van der Waals surface area contributed by atoms with Crippen molar-refractivity contribution < 1.29 is 23.8 Å². The van der Waals surface area contributed by atoms with Crippen LogP contribution in [0.3, 0.4) is 0 Å². The summed E-state index contributed by atoms with van der Waals surface area (Å²) in [5.41, 5.74) is 2.11. The van der Waals surface area contributed by atoms with E-state index in [0.29, 0.717) is 42.5 Å². The number of aliphatic carboxylic acids is 1. The van der Waals surface area contributed by atoms with Crippen molar-refractivity contribution in [2.45, 2.75) is 76.0 Å². The molecule has 1 heterocycles. The van der Waals surface area contributed by atoms with E-state index < -0.39 is 18.1 Å². The number of rotatable bonds is 8. The predicted molar refractivity (Wildman–Crippen MR) is 142 cm³/mol. The molecule has 38 heavy (non-hydrogen) atoms. The quantitative estimate of drug-likeness (QED) is 0.391. The summed E-state index contributed by atoms with van der Waals surface area (Å²) in [4.78, 5) is 30.4. The van der Waals surface area contributed by atoms with Crippen LogP contribution in [-0.2, 0) is 14.3 Å². The molecule has 2 fully saturated rings. The normalized spacial score (nSPS) is 22.2. The maximum atomic E-state index is 14.3. The van der Waals surface area contributed by atoms with Gasteiger partial charge < -0.3 is 19.7 Å². The molecule has 1 unspecified atom stereocenters. The fourth-order valence-electron chi connectivity index (χ4n) is 6.35. The van der Waals surface area contributed by atoms with Crippen LogP contribution in [0.1, 0.15) is 81.3 Å². The first kappa shape index (κ1) is 26.4. The molecule has 0 aliphatic heterocycles. The topological polar surface area (TPSA) is 93.5 Å². The van der Waals surface area contributed by atoms with Crippen LogP contribution in [0.4, 0.5) is 4.39 Å². The van der Waals surface area contributed by atoms with E-state index in [2.05, 4.69) is 5.32 Å². The van der Waals surface area contributed by atoms with E-state index in [1.807, 2.05) is 34.9 Å². The van der Waals surface area contributed by atoms with Gasteiger partial charge in [-0.15, -0.1) is 0 Å². The average Bonchev–Trinajstić information content (AvgIpc) is 3.28. The Morgan fingerprint density at radius 2 is 1.74 bits per heavy atom. The number of carbonyl (C=O) groups excluding carboxylic acids is 1. The van der Waals surface area contributed by atoms with Crippen LogP contribution in [0.5, 0.6) is 0 Å². The second-order valence-corrected chi connectivity index (χ2v) is 10.7. The molecule has 1 amide bonds. The number of imidazole rings is 1. The number of hydrogen-bond donors (Lipinski definition) is 2. The molecule has 2 aliphatic rings. The number of halogens is 1. The number of nitrogens with one attached hydrogen (secondary N) is 1. The predicted octanol–water partition coefficient (Wildman–Crippen LogP) is 5.79. The molecule has 2 atom stereocenters. The van der Waals surface area contributed by atoms with Crippen molar-refractivity contribution in [3.8, 4) is 0 Å². The Morgan fingerprint density at radius 3 is 2.39 bits per heavy atom. The van der Waals surface area contributed by atoms with Crippen molar-refractivity contribution in [1.29, 1.82) is 0 Å². The number of methoxy groups -OCH3 is 1. The molecule has 7 nitrogen and oxygen atoms in total. The van der Waals surface area contributed by atoms with Crippen molar-refractivity contribution in [3.05, 3.63) is 65.7 Å². The first-order chi connectivity index (χ1) is 18.5.